The van der Waals surface area contributed by atoms with Gasteiger partial charge in [-0.3, -0.25) is 0 Å². The molecule has 2 heteroatoms. The second-order valence-electron chi connectivity index (χ2n) is 15.3. The summed E-state index contributed by atoms with van der Waals surface area (Å²) in [6.07, 6.45) is 0. The fraction of sp³-hybridized carbons (Fsp3) is 0.0175. The zero-order chi connectivity index (χ0) is 39.2. The van der Waals surface area contributed by atoms with E-state index >= 15 is 0 Å². The summed E-state index contributed by atoms with van der Waals surface area (Å²) in [6.45, 7) is 0. The van der Waals surface area contributed by atoms with Gasteiger partial charge in [0, 0.05) is 26.6 Å². The first kappa shape index (κ1) is 34.9. The molecule has 0 saturated carbocycles. The van der Waals surface area contributed by atoms with Crippen LogP contribution < -0.4 is 4.90 Å². The van der Waals surface area contributed by atoms with Crippen LogP contribution in [-0.4, -0.2) is 0 Å². The van der Waals surface area contributed by atoms with Gasteiger partial charge in [-0.05, 0) is 115 Å². The Kier molecular flexibility index (Phi) is 8.65. The van der Waals surface area contributed by atoms with E-state index in [9.17, 15) is 0 Å². The monoisotopic (exact) mass is 769 g/mol. The van der Waals surface area contributed by atoms with E-state index in [1.807, 2.05) is 11.3 Å². The number of nitrogens with zero attached hydrogens (tertiary/aromatic N) is 1. The average molecular weight is 770 g/mol. The van der Waals surface area contributed by atoms with Gasteiger partial charge in [0.2, 0.25) is 0 Å². The van der Waals surface area contributed by atoms with E-state index in [0.717, 1.165) is 17.1 Å². The Balaban J connectivity index is 1.06. The Labute approximate surface area is 349 Å². The van der Waals surface area contributed by atoms with Crippen LogP contribution in [0.4, 0.5) is 17.1 Å². The third kappa shape index (κ3) is 5.92. The number of anilines is 3. The number of rotatable bonds is 8. The molecule has 10 aromatic rings. The van der Waals surface area contributed by atoms with E-state index in [1.54, 1.807) is 0 Å². The number of hydrogen-bond acceptors (Lipinski definition) is 2. The molecule has 11 rings (SSSR count). The van der Waals surface area contributed by atoms with Crippen LogP contribution >= 0.6 is 11.3 Å². The molecule has 0 atom stereocenters. The molecule has 0 N–H and O–H groups in total. The van der Waals surface area contributed by atoms with Gasteiger partial charge in [-0.25, -0.2) is 0 Å². The van der Waals surface area contributed by atoms with Crippen molar-refractivity contribution in [1.29, 1.82) is 0 Å². The Morgan fingerprint density at radius 1 is 0.339 bits per heavy atom. The Morgan fingerprint density at radius 3 is 1.37 bits per heavy atom. The normalized spacial score (nSPS) is 12.5. The minimum absolute atomic E-state index is 0.465. The SMILES string of the molecule is c1ccc(-c2cccc(N(c3ccc(-c4ccc5c(c4)C(c4ccccc4)(c4ccccc4)c4c-5sc5ccccc45)cc3)c3cccc(-c4ccccc4)c3)c2)cc1. The van der Waals surface area contributed by atoms with E-state index in [-0.39, 0.29) is 0 Å². The van der Waals surface area contributed by atoms with Crippen LogP contribution in [0.3, 0.4) is 0 Å². The van der Waals surface area contributed by atoms with Gasteiger partial charge >= 0.3 is 0 Å². The standard InChI is InChI=1S/C57H39NS/c1-5-17-40(18-6-1)43-21-15-27-49(37-43)58(50-28-16-22-44(38-50)41-19-7-2-8-20-41)48-34-31-42(32-35-48)45-33-36-51-53(39-45)57(46-23-9-3-10-24-46,47-25-11-4-12-26-47)55-52-29-13-14-30-54(52)59-56(51)55/h1-39H. The molecule has 0 spiro atoms. The molecule has 0 fully saturated rings. The van der Waals surface area contributed by atoms with Crippen LogP contribution in [0.15, 0.2) is 237 Å². The first-order chi connectivity index (χ1) is 29.3. The van der Waals surface area contributed by atoms with Crippen molar-refractivity contribution >= 4 is 38.5 Å². The molecule has 59 heavy (non-hydrogen) atoms. The zero-order valence-corrected chi connectivity index (χ0v) is 33.2. The van der Waals surface area contributed by atoms with Crippen LogP contribution in [0.25, 0.3) is 53.9 Å². The van der Waals surface area contributed by atoms with E-state index in [0.29, 0.717) is 0 Å². The van der Waals surface area contributed by atoms with Gasteiger partial charge in [-0.15, -0.1) is 11.3 Å². The molecule has 0 unspecified atom stereocenters. The maximum absolute atomic E-state index is 2.47. The quantitative estimate of drug-likeness (QED) is 0.149. The van der Waals surface area contributed by atoms with E-state index in [2.05, 4.69) is 241 Å². The number of benzene rings is 9. The lowest BCUT2D eigenvalue weighted by Gasteiger charge is -2.34. The van der Waals surface area contributed by atoms with Crippen molar-refractivity contribution in [3.8, 4) is 43.8 Å². The van der Waals surface area contributed by atoms with Crippen molar-refractivity contribution < 1.29 is 0 Å². The lowest BCUT2D eigenvalue weighted by atomic mass is 9.67. The summed E-state index contributed by atoms with van der Waals surface area (Å²) < 4.78 is 1.33. The fourth-order valence-electron chi connectivity index (χ4n) is 9.28. The largest absolute Gasteiger partial charge is 0.310 e. The summed E-state index contributed by atoms with van der Waals surface area (Å²) in [4.78, 5) is 3.74. The van der Waals surface area contributed by atoms with Gasteiger partial charge in [0.25, 0.3) is 0 Å². The minimum atomic E-state index is -0.465. The number of thiophene rings is 1. The molecule has 0 amide bonds. The Hall–Kier alpha value is -7.26. The van der Waals surface area contributed by atoms with Crippen molar-refractivity contribution in [3.05, 3.63) is 259 Å². The van der Waals surface area contributed by atoms with Crippen molar-refractivity contribution in [2.45, 2.75) is 5.41 Å². The molecule has 1 heterocycles. The molecule has 0 radical (unpaired) electrons. The zero-order valence-electron chi connectivity index (χ0n) is 32.4. The molecular formula is C57H39NS. The summed E-state index contributed by atoms with van der Waals surface area (Å²) >= 11 is 1.92. The first-order valence-electron chi connectivity index (χ1n) is 20.3. The maximum Gasteiger partial charge on any atom is 0.0728 e. The second-order valence-corrected chi connectivity index (χ2v) is 16.3. The Morgan fingerprint density at radius 2 is 0.797 bits per heavy atom. The van der Waals surface area contributed by atoms with E-state index < -0.39 is 5.41 Å². The third-order valence-electron chi connectivity index (χ3n) is 11.9. The van der Waals surface area contributed by atoms with Crippen molar-refractivity contribution in [1.82, 2.24) is 0 Å². The average Bonchev–Trinajstić information content (AvgIpc) is 3.84. The van der Waals surface area contributed by atoms with Crippen molar-refractivity contribution in [2.24, 2.45) is 0 Å². The predicted molar refractivity (Wildman–Crippen MR) is 250 cm³/mol. The van der Waals surface area contributed by atoms with Gasteiger partial charge in [0.05, 0.1) is 5.41 Å². The smallest absolute Gasteiger partial charge is 0.0728 e. The molecule has 1 aliphatic carbocycles. The lowest BCUT2D eigenvalue weighted by Crippen LogP contribution is -2.28. The van der Waals surface area contributed by atoms with Gasteiger partial charge in [-0.2, -0.15) is 0 Å². The van der Waals surface area contributed by atoms with Crippen LogP contribution in [-0.2, 0) is 5.41 Å². The molecule has 278 valence electrons. The van der Waals surface area contributed by atoms with Gasteiger partial charge < -0.3 is 4.90 Å². The molecule has 0 aliphatic heterocycles. The molecule has 0 bridgehead atoms. The number of hydrogen-bond donors (Lipinski definition) is 0. The highest BCUT2D eigenvalue weighted by Crippen LogP contribution is 2.61. The summed E-state index contributed by atoms with van der Waals surface area (Å²) in [5, 5.41) is 1.33. The third-order valence-corrected chi connectivity index (χ3v) is 13.1. The highest BCUT2D eigenvalue weighted by atomic mass is 32.1. The topological polar surface area (TPSA) is 3.24 Å². The molecular weight excluding hydrogens is 731 g/mol. The van der Waals surface area contributed by atoms with E-state index in [1.165, 1.54) is 76.2 Å². The molecule has 1 nitrogen and oxygen atoms in total. The van der Waals surface area contributed by atoms with Crippen molar-refractivity contribution in [3.63, 3.8) is 0 Å². The summed E-state index contributed by atoms with van der Waals surface area (Å²) in [7, 11) is 0. The van der Waals surface area contributed by atoms with Gasteiger partial charge in [-0.1, -0.05) is 188 Å². The summed E-state index contributed by atoms with van der Waals surface area (Å²) in [6, 6.07) is 86.5. The second kappa shape index (κ2) is 14.6. The maximum atomic E-state index is 2.47. The minimum Gasteiger partial charge on any atom is -0.310 e. The van der Waals surface area contributed by atoms with Crippen LogP contribution in [0, 0.1) is 0 Å². The predicted octanol–water partition coefficient (Wildman–Crippen LogP) is 15.7. The molecule has 9 aromatic carbocycles. The molecule has 0 saturated heterocycles. The summed E-state index contributed by atoms with van der Waals surface area (Å²) in [5.74, 6) is 0. The highest BCUT2D eigenvalue weighted by Gasteiger charge is 2.48. The van der Waals surface area contributed by atoms with Crippen molar-refractivity contribution in [2.75, 3.05) is 4.90 Å². The molecule has 1 aromatic heterocycles. The van der Waals surface area contributed by atoms with Crippen LogP contribution in [0.5, 0.6) is 0 Å². The van der Waals surface area contributed by atoms with E-state index in [4.69, 9.17) is 0 Å². The first-order valence-corrected chi connectivity index (χ1v) is 21.1. The van der Waals surface area contributed by atoms with Gasteiger partial charge in [0.15, 0.2) is 0 Å². The summed E-state index contributed by atoms with van der Waals surface area (Å²) in [5.41, 5.74) is 16.6. The number of fused-ring (bicyclic) bond motifs is 5. The Bertz CT molecular complexity index is 2950. The van der Waals surface area contributed by atoms with Crippen LogP contribution in [0.1, 0.15) is 22.3 Å². The fourth-order valence-corrected chi connectivity index (χ4v) is 10.6. The van der Waals surface area contributed by atoms with Gasteiger partial charge in [0.1, 0.15) is 0 Å². The lowest BCUT2D eigenvalue weighted by molar-refractivity contribution is 0.777. The highest BCUT2D eigenvalue weighted by molar-refractivity contribution is 7.22. The van der Waals surface area contributed by atoms with Crippen LogP contribution in [0.2, 0.25) is 0 Å². The molecule has 1 aliphatic rings.